The van der Waals surface area contributed by atoms with Gasteiger partial charge in [-0.1, -0.05) is 11.2 Å². The third-order valence-corrected chi connectivity index (χ3v) is 4.63. The third kappa shape index (κ3) is 3.69. The van der Waals surface area contributed by atoms with Crippen molar-refractivity contribution in [2.45, 2.75) is 38.6 Å². The van der Waals surface area contributed by atoms with Crippen LogP contribution in [0.2, 0.25) is 0 Å². The Kier molecular flexibility index (Phi) is 3.99. The van der Waals surface area contributed by atoms with E-state index in [1.165, 1.54) is 24.8 Å². The molecule has 2 aromatic heterocycles. The summed E-state index contributed by atoms with van der Waals surface area (Å²) in [6, 6.07) is 4.13. The first kappa shape index (κ1) is 14.6. The highest BCUT2D eigenvalue weighted by atomic mass is 16.5. The van der Waals surface area contributed by atoms with E-state index in [4.69, 9.17) is 4.52 Å². The summed E-state index contributed by atoms with van der Waals surface area (Å²) in [4.78, 5) is 11.3. The van der Waals surface area contributed by atoms with E-state index in [-0.39, 0.29) is 0 Å². The van der Waals surface area contributed by atoms with Gasteiger partial charge in [-0.15, -0.1) is 0 Å². The summed E-state index contributed by atoms with van der Waals surface area (Å²) in [6.07, 6.45) is 5.50. The lowest BCUT2D eigenvalue weighted by Gasteiger charge is -2.14. The maximum absolute atomic E-state index is 5.33. The lowest BCUT2D eigenvalue weighted by molar-refractivity contribution is 0.300. The maximum atomic E-state index is 5.33. The molecule has 1 atom stereocenters. The molecule has 1 saturated carbocycles. The van der Waals surface area contributed by atoms with E-state index in [2.05, 4.69) is 38.3 Å². The molecule has 0 amide bonds. The van der Waals surface area contributed by atoms with Crippen molar-refractivity contribution in [3.8, 4) is 0 Å². The van der Waals surface area contributed by atoms with Crippen LogP contribution in [-0.4, -0.2) is 39.7 Å². The monoisotopic (exact) mass is 313 g/mol. The molecule has 23 heavy (non-hydrogen) atoms. The van der Waals surface area contributed by atoms with Gasteiger partial charge in [0.05, 0.1) is 6.54 Å². The summed E-state index contributed by atoms with van der Waals surface area (Å²) < 4.78 is 5.33. The molecule has 2 aromatic rings. The van der Waals surface area contributed by atoms with Gasteiger partial charge >= 0.3 is 0 Å². The highest BCUT2D eigenvalue weighted by molar-refractivity contribution is 5.35. The summed E-state index contributed by atoms with van der Waals surface area (Å²) in [5.41, 5.74) is 1.19. The first-order valence-corrected chi connectivity index (χ1v) is 8.47. The van der Waals surface area contributed by atoms with Gasteiger partial charge < -0.3 is 9.84 Å². The molecule has 6 nitrogen and oxygen atoms in total. The zero-order chi connectivity index (χ0) is 15.6. The Morgan fingerprint density at radius 2 is 2.22 bits per heavy atom. The normalized spacial score (nSPS) is 21.7. The number of nitrogens with one attached hydrogen (secondary N) is 1. The van der Waals surface area contributed by atoms with E-state index in [0.29, 0.717) is 11.8 Å². The predicted octanol–water partition coefficient (Wildman–Crippen LogP) is 2.58. The first-order chi connectivity index (χ1) is 11.3. The molecule has 0 unspecified atom stereocenters. The largest absolute Gasteiger partial charge is 0.370 e. The highest BCUT2D eigenvalue weighted by Gasteiger charge is 2.30. The lowest BCUT2D eigenvalue weighted by Crippen LogP contribution is -2.23. The first-order valence-electron chi connectivity index (χ1n) is 8.47. The van der Waals surface area contributed by atoms with Gasteiger partial charge in [0.25, 0.3) is 0 Å². The van der Waals surface area contributed by atoms with Crippen LogP contribution in [0.25, 0.3) is 0 Å². The fourth-order valence-corrected chi connectivity index (χ4v) is 3.07. The van der Waals surface area contributed by atoms with E-state index < -0.39 is 0 Å². The Balaban J connectivity index is 1.24. The average Bonchev–Trinajstić information content (AvgIpc) is 3.14. The number of hydrogen-bond donors (Lipinski definition) is 1. The highest BCUT2D eigenvalue weighted by Crippen LogP contribution is 2.38. The summed E-state index contributed by atoms with van der Waals surface area (Å²) in [5, 5.41) is 7.55. The van der Waals surface area contributed by atoms with Gasteiger partial charge in [-0.25, -0.2) is 4.98 Å². The topological polar surface area (TPSA) is 67.1 Å². The van der Waals surface area contributed by atoms with E-state index in [1.807, 2.05) is 12.3 Å². The van der Waals surface area contributed by atoms with Crippen molar-refractivity contribution >= 4 is 5.82 Å². The molecule has 0 radical (unpaired) electrons. The second-order valence-electron chi connectivity index (χ2n) is 6.81. The Bertz CT molecular complexity index is 649. The minimum absolute atomic E-state index is 0.536. The molecule has 122 valence electrons. The van der Waals surface area contributed by atoms with E-state index in [9.17, 15) is 0 Å². The number of aryl methyl sites for hydroxylation is 1. The SMILES string of the molecule is Cc1ccc(NC[C@@H]2CCN(Cc3noc(C4CC4)n3)C2)nc1. The molecule has 1 aliphatic heterocycles. The summed E-state index contributed by atoms with van der Waals surface area (Å²) in [7, 11) is 0. The van der Waals surface area contributed by atoms with Crippen molar-refractivity contribution < 1.29 is 4.52 Å². The molecule has 3 heterocycles. The Hall–Kier alpha value is -1.95. The van der Waals surface area contributed by atoms with Crippen LogP contribution in [0.5, 0.6) is 0 Å². The molecule has 2 fully saturated rings. The molecular formula is C17H23N5O. The van der Waals surface area contributed by atoms with Crippen LogP contribution in [-0.2, 0) is 6.54 Å². The van der Waals surface area contributed by atoms with Gasteiger partial charge in [0.2, 0.25) is 5.89 Å². The van der Waals surface area contributed by atoms with Crippen molar-refractivity contribution in [2.75, 3.05) is 25.0 Å². The lowest BCUT2D eigenvalue weighted by atomic mass is 10.1. The molecular weight excluding hydrogens is 290 g/mol. The second kappa shape index (κ2) is 6.28. The molecule has 0 aromatic carbocycles. The third-order valence-electron chi connectivity index (χ3n) is 4.63. The van der Waals surface area contributed by atoms with Gasteiger partial charge in [-0.05, 0) is 50.3 Å². The molecule has 4 rings (SSSR count). The maximum Gasteiger partial charge on any atom is 0.229 e. The number of hydrogen-bond acceptors (Lipinski definition) is 6. The number of likely N-dealkylation sites (tertiary alicyclic amines) is 1. The summed E-state index contributed by atoms with van der Waals surface area (Å²) >= 11 is 0. The van der Waals surface area contributed by atoms with E-state index in [1.54, 1.807) is 0 Å². The standard InChI is InChI=1S/C17H23N5O/c1-12-2-5-15(18-8-12)19-9-13-6-7-22(10-13)11-16-20-17(23-21-16)14-3-4-14/h2,5,8,13-14H,3-4,6-7,9-11H2,1H3,(H,18,19)/t13-/m0/s1. The average molecular weight is 313 g/mol. The minimum atomic E-state index is 0.536. The smallest absolute Gasteiger partial charge is 0.229 e. The van der Waals surface area contributed by atoms with Crippen LogP contribution in [0.15, 0.2) is 22.9 Å². The number of anilines is 1. The van der Waals surface area contributed by atoms with E-state index in [0.717, 1.165) is 43.7 Å². The molecule has 1 saturated heterocycles. The molecule has 0 bridgehead atoms. The molecule has 1 aliphatic carbocycles. The fraction of sp³-hybridized carbons (Fsp3) is 0.588. The van der Waals surface area contributed by atoms with Gasteiger partial charge in [0.15, 0.2) is 5.82 Å². The Morgan fingerprint density at radius 1 is 1.30 bits per heavy atom. The molecule has 1 N–H and O–H groups in total. The van der Waals surface area contributed by atoms with Crippen molar-refractivity contribution in [3.63, 3.8) is 0 Å². The van der Waals surface area contributed by atoms with Crippen LogP contribution < -0.4 is 5.32 Å². The Labute approximate surface area is 136 Å². The minimum Gasteiger partial charge on any atom is -0.370 e. The van der Waals surface area contributed by atoms with Crippen molar-refractivity contribution in [2.24, 2.45) is 5.92 Å². The second-order valence-corrected chi connectivity index (χ2v) is 6.81. The van der Waals surface area contributed by atoms with Gasteiger partial charge in [0, 0.05) is 25.2 Å². The zero-order valence-corrected chi connectivity index (χ0v) is 13.5. The van der Waals surface area contributed by atoms with Gasteiger partial charge in [-0.2, -0.15) is 4.98 Å². The quantitative estimate of drug-likeness (QED) is 0.884. The fourth-order valence-electron chi connectivity index (χ4n) is 3.07. The number of pyridine rings is 1. The van der Waals surface area contributed by atoms with Crippen molar-refractivity contribution in [3.05, 3.63) is 35.6 Å². The Morgan fingerprint density at radius 3 is 3.00 bits per heavy atom. The summed E-state index contributed by atoms with van der Waals surface area (Å²) in [6.45, 7) is 5.99. The summed E-state index contributed by atoms with van der Waals surface area (Å²) in [5.74, 6) is 3.81. The molecule has 6 heteroatoms. The van der Waals surface area contributed by atoms with Gasteiger partial charge in [-0.3, -0.25) is 4.90 Å². The number of aromatic nitrogens is 3. The number of nitrogens with zero attached hydrogens (tertiary/aromatic N) is 4. The van der Waals surface area contributed by atoms with Crippen LogP contribution >= 0.6 is 0 Å². The van der Waals surface area contributed by atoms with E-state index >= 15 is 0 Å². The predicted molar refractivity (Wildman–Crippen MR) is 87.1 cm³/mol. The van der Waals surface area contributed by atoms with Crippen LogP contribution in [0.4, 0.5) is 5.82 Å². The van der Waals surface area contributed by atoms with Crippen LogP contribution in [0, 0.1) is 12.8 Å². The van der Waals surface area contributed by atoms with Crippen LogP contribution in [0.1, 0.15) is 42.5 Å². The van der Waals surface area contributed by atoms with Crippen LogP contribution in [0.3, 0.4) is 0 Å². The van der Waals surface area contributed by atoms with Crippen molar-refractivity contribution in [1.82, 2.24) is 20.0 Å². The molecule has 2 aliphatic rings. The van der Waals surface area contributed by atoms with Gasteiger partial charge in [0.1, 0.15) is 5.82 Å². The zero-order valence-electron chi connectivity index (χ0n) is 13.5. The molecule has 0 spiro atoms. The van der Waals surface area contributed by atoms with Crippen molar-refractivity contribution in [1.29, 1.82) is 0 Å². The number of rotatable bonds is 6.